The highest BCUT2D eigenvalue weighted by atomic mass is 15.0. The summed E-state index contributed by atoms with van der Waals surface area (Å²) >= 11 is 0. The molecule has 2 aliphatic rings. The summed E-state index contributed by atoms with van der Waals surface area (Å²) in [4.78, 5) is 0. The predicted molar refractivity (Wildman–Crippen MR) is 61.4 cm³/mol. The second-order valence-electron chi connectivity index (χ2n) is 5.45. The van der Waals surface area contributed by atoms with Gasteiger partial charge < -0.3 is 5.32 Å². The van der Waals surface area contributed by atoms with Gasteiger partial charge >= 0.3 is 0 Å². The van der Waals surface area contributed by atoms with E-state index >= 15 is 0 Å². The molecule has 2 aliphatic carbocycles. The van der Waals surface area contributed by atoms with Crippen LogP contribution in [-0.4, -0.2) is 12.1 Å². The lowest BCUT2D eigenvalue weighted by molar-refractivity contribution is 0.342. The molecule has 0 radical (unpaired) electrons. The zero-order chi connectivity index (χ0) is 9.97. The van der Waals surface area contributed by atoms with Gasteiger partial charge in [-0.3, -0.25) is 0 Å². The lowest BCUT2D eigenvalue weighted by atomic mass is 9.99. The summed E-state index contributed by atoms with van der Waals surface area (Å²) in [5, 5.41) is 3.85. The summed E-state index contributed by atoms with van der Waals surface area (Å²) in [6.07, 6.45) is 10.1. The molecule has 0 aromatic rings. The molecule has 1 N–H and O–H groups in total. The van der Waals surface area contributed by atoms with Crippen LogP contribution < -0.4 is 5.32 Å². The van der Waals surface area contributed by atoms with Crippen LogP contribution in [0, 0.1) is 11.8 Å². The van der Waals surface area contributed by atoms with Gasteiger partial charge in [-0.25, -0.2) is 0 Å². The molecule has 14 heavy (non-hydrogen) atoms. The number of hydrogen-bond donors (Lipinski definition) is 1. The van der Waals surface area contributed by atoms with Gasteiger partial charge in [-0.05, 0) is 38.0 Å². The van der Waals surface area contributed by atoms with Gasteiger partial charge in [0.2, 0.25) is 0 Å². The normalized spacial score (nSPS) is 34.7. The van der Waals surface area contributed by atoms with Gasteiger partial charge in [0.05, 0.1) is 0 Å². The fraction of sp³-hybridized carbons (Fsp3) is 1.00. The topological polar surface area (TPSA) is 12.0 Å². The second-order valence-corrected chi connectivity index (χ2v) is 5.45. The standard InChI is InChI=1S/C13H25N/c1-3-12-5-4-6-13(12)14-10(2)9-11-7-8-11/h10-14H,3-9H2,1-2H3. The molecule has 2 rings (SSSR count). The fourth-order valence-electron chi connectivity index (χ4n) is 3.03. The van der Waals surface area contributed by atoms with Gasteiger partial charge in [-0.15, -0.1) is 0 Å². The van der Waals surface area contributed by atoms with Crippen LogP contribution in [0.5, 0.6) is 0 Å². The van der Waals surface area contributed by atoms with Crippen molar-refractivity contribution >= 4 is 0 Å². The van der Waals surface area contributed by atoms with Crippen LogP contribution in [0.1, 0.15) is 58.8 Å². The fourth-order valence-corrected chi connectivity index (χ4v) is 3.03. The molecule has 0 heterocycles. The van der Waals surface area contributed by atoms with Crippen molar-refractivity contribution in [3.8, 4) is 0 Å². The van der Waals surface area contributed by atoms with E-state index in [-0.39, 0.29) is 0 Å². The largest absolute Gasteiger partial charge is 0.311 e. The summed E-state index contributed by atoms with van der Waals surface area (Å²) < 4.78 is 0. The Morgan fingerprint density at radius 2 is 2.00 bits per heavy atom. The van der Waals surface area contributed by atoms with Crippen LogP contribution in [0.15, 0.2) is 0 Å². The van der Waals surface area contributed by atoms with E-state index < -0.39 is 0 Å². The molecule has 0 aliphatic heterocycles. The van der Waals surface area contributed by atoms with E-state index in [0.29, 0.717) is 0 Å². The smallest absolute Gasteiger partial charge is 0.00977 e. The first-order valence-electron chi connectivity index (χ1n) is 6.55. The highest BCUT2D eigenvalue weighted by molar-refractivity contribution is 4.86. The first kappa shape index (κ1) is 10.5. The van der Waals surface area contributed by atoms with Crippen LogP contribution in [0.2, 0.25) is 0 Å². The summed E-state index contributed by atoms with van der Waals surface area (Å²) in [6, 6.07) is 1.60. The highest BCUT2D eigenvalue weighted by Crippen LogP contribution is 2.34. The third-order valence-electron chi connectivity index (χ3n) is 4.07. The van der Waals surface area contributed by atoms with Crippen LogP contribution in [0.3, 0.4) is 0 Å². The molecular formula is C13H25N. The Labute approximate surface area is 88.7 Å². The van der Waals surface area contributed by atoms with Gasteiger partial charge in [-0.2, -0.15) is 0 Å². The number of hydrogen-bond acceptors (Lipinski definition) is 1. The predicted octanol–water partition coefficient (Wildman–Crippen LogP) is 3.34. The molecule has 82 valence electrons. The first-order chi connectivity index (χ1) is 6.79. The Bertz CT molecular complexity index is 174. The van der Waals surface area contributed by atoms with Crippen LogP contribution in [0.25, 0.3) is 0 Å². The van der Waals surface area contributed by atoms with Gasteiger partial charge in [0, 0.05) is 12.1 Å². The van der Waals surface area contributed by atoms with E-state index in [2.05, 4.69) is 19.2 Å². The molecule has 0 amide bonds. The molecule has 1 heteroatoms. The zero-order valence-corrected chi connectivity index (χ0v) is 9.76. The highest BCUT2D eigenvalue weighted by Gasteiger charge is 2.29. The van der Waals surface area contributed by atoms with E-state index in [4.69, 9.17) is 0 Å². The first-order valence-corrected chi connectivity index (χ1v) is 6.55. The van der Waals surface area contributed by atoms with Crippen molar-refractivity contribution in [1.82, 2.24) is 5.32 Å². The maximum atomic E-state index is 3.85. The molecule has 0 aromatic carbocycles. The van der Waals surface area contributed by atoms with Crippen LogP contribution >= 0.6 is 0 Å². The van der Waals surface area contributed by atoms with Crippen LogP contribution in [0.4, 0.5) is 0 Å². The summed E-state index contributed by atoms with van der Waals surface area (Å²) in [7, 11) is 0. The van der Waals surface area contributed by atoms with E-state index in [1.807, 2.05) is 0 Å². The lowest BCUT2D eigenvalue weighted by Crippen LogP contribution is -2.38. The quantitative estimate of drug-likeness (QED) is 0.709. The van der Waals surface area contributed by atoms with Gasteiger partial charge in [0.25, 0.3) is 0 Å². The number of rotatable bonds is 5. The van der Waals surface area contributed by atoms with Crippen molar-refractivity contribution in [2.45, 2.75) is 70.9 Å². The van der Waals surface area contributed by atoms with Crippen molar-refractivity contribution in [2.24, 2.45) is 11.8 Å². The minimum Gasteiger partial charge on any atom is -0.311 e. The lowest BCUT2D eigenvalue weighted by Gasteiger charge is -2.24. The van der Waals surface area contributed by atoms with E-state index in [1.165, 1.54) is 44.9 Å². The van der Waals surface area contributed by atoms with Gasteiger partial charge in [-0.1, -0.05) is 32.6 Å². The van der Waals surface area contributed by atoms with Crippen LogP contribution in [-0.2, 0) is 0 Å². The Kier molecular flexibility index (Phi) is 3.48. The molecular weight excluding hydrogens is 170 g/mol. The average Bonchev–Trinajstić information content (AvgIpc) is 2.84. The van der Waals surface area contributed by atoms with Crippen molar-refractivity contribution in [1.29, 1.82) is 0 Å². The summed E-state index contributed by atoms with van der Waals surface area (Å²) in [5.41, 5.74) is 0. The Morgan fingerprint density at radius 1 is 1.21 bits per heavy atom. The van der Waals surface area contributed by atoms with E-state index in [9.17, 15) is 0 Å². The molecule has 1 nitrogen and oxygen atoms in total. The zero-order valence-electron chi connectivity index (χ0n) is 9.76. The van der Waals surface area contributed by atoms with Gasteiger partial charge in [0.15, 0.2) is 0 Å². The van der Waals surface area contributed by atoms with E-state index in [1.54, 1.807) is 0 Å². The second kappa shape index (κ2) is 4.65. The Balaban J connectivity index is 1.71. The molecule has 2 fully saturated rings. The van der Waals surface area contributed by atoms with Crippen molar-refractivity contribution in [3.63, 3.8) is 0 Å². The van der Waals surface area contributed by atoms with Gasteiger partial charge in [0.1, 0.15) is 0 Å². The Hall–Kier alpha value is -0.0400. The molecule has 0 aromatic heterocycles. The molecule has 0 bridgehead atoms. The molecule has 2 saturated carbocycles. The summed E-state index contributed by atoms with van der Waals surface area (Å²) in [5.74, 6) is 2.04. The number of nitrogens with one attached hydrogen (secondary N) is 1. The maximum Gasteiger partial charge on any atom is 0.00977 e. The molecule has 3 atom stereocenters. The van der Waals surface area contributed by atoms with Crippen molar-refractivity contribution < 1.29 is 0 Å². The minimum atomic E-state index is 0.764. The van der Waals surface area contributed by atoms with Crippen molar-refractivity contribution in [3.05, 3.63) is 0 Å². The molecule has 0 spiro atoms. The SMILES string of the molecule is CCC1CCCC1NC(C)CC1CC1. The minimum absolute atomic E-state index is 0.764. The summed E-state index contributed by atoms with van der Waals surface area (Å²) in [6.45, 7) is 4.72. The maximum absolute atomic E-state index is 3.85. The third kappa shape index (κ3) is 2.73. The average molecular weight is 195 g/mol. The Morgan fingerprint density at radius 3 is 2.64 bits per heavy atom. The van der Waals surface area contributed by atoms with Crippen molar-refractivity contribution in [2.75, 3.05) is 0 Å². The third-order valence-corrected chi connectivity index (χ3v) is 4.07. The van der Waals surface area contributed by atoms with E-state index in [0.717, 1.165) is 23.9 Å². The monoisotopic (exact) mass is 195 g/mol. The molecule has 3 unspecified atom stereocenters. The molecule has 0 saturated heterocycles.